The largest absolute Gasteiger partial charge is 0.387 e. The minimum Gasteiger partial charge on any atom is -0.375 e. The second kappa shape index (κ2) is 7.54. The first-order chi connectivity index (χ1) is 11.4. The van der Waals surface area contributed by atoms with Crippen molar-refractivity contribution < 1.29 is 14.4 Å². The van der Waals surface area contributed by atoms with Crippen LogP contribution in [-0.4, -0.2) is 55.0 Å². The number of hydrogen-bond acceptors (Lipinski definition) is 7. The molecule has 2 radical (unpaired) electrons. The van der Waals surface area contributed by atoms with Crippen molar-refractivity contribution in [2.45, 2.75) is 25.5 Å². The van der Waals surface area contributed by atoms with Gasteiger partial charge in [-0.3, -0.25) is 0 Å². The third kappa shape index (κ3) is 3.29. The van der Waals surface area contributed by atoms with Gasteiger partial charge in [-0.15, -0.1) is 0 Å². The van der Waals surface area contributed by atoms with Crippen molar-refractivity contribution >= 4 is 36.7 Å². The lowest BCUT2D eigenvalue weighted by Gasteiger charge is -2.53. The lowest BCUT2D eigenvalue weighted by Crippen LogP contribution is -2.68. The van der Waals surface area contributed by atoms with Crippen LogP contribution in [0.2, 0.25) is 0 Å². The quantitative estimate of drug-likeness (QED) is 0.389. The van der Waals surface area contributed by atoms with Gasteiger partial charge < -0.3 is 24.5 Å². The van der Waals surface area contributed by atoms with Gasteiger partial charge in [-0.2, -0.15) is 0 Å². The van der Waals surface area contributed by atoms with Crippen molar-refractivity contribution in [3.63, 3.8) is 0 Å². The van der Waals surface area contributed by atoms with E-state index < -0.39 is 4.92 Å². The molecule has 2 aliphatic rings. The molecule has 0 saturated carbocycles. The maximum Gasteiger partial charge on any atom is 0.387 e. The lowest BCUT2D eigenvalue weighted by atomic mass is 9.90. The number of hydrogen-bond donors (Lipinski definition) is 1. The van der Waals surface area contributed by atoms with E-state index >= 15 is 0 Å². The summed E-state index contributed by atoms with van der Waals surface area (Å²) in [6, 6.07) is 1.78. The second-order valence-corrected chi connectivity index (χ2v) is 5.88. The number of anilines is 1. The molecule has 1 aromatic heterocycles. The first kappa shape index (κ1) is 18.8. The summed E-state index contributed by atoms with van der Waals surface area (Å²) >= 11 is 3.03. The summed E-state index contributed by atoms with van der Waals surface area (Å²) in [6.45, 7) is 9.90. The molecule has 7 nitrogen and oxygen atoms in total. The van der Waals surface area contributed by atoms with E-state index in [2.05, 4.69) is 31.2 Å². The van der Waals surface area contributed by atoms with Gasteiger partial charge in [0.25, 0.3) is 0 Å². The van der Waals surface area contributed by atoms with Gasteiger partial charge in [0, 0.05) is 12.1 Å². The SMILES string of the molecule is C=C(C)c1cnc([N+](=O)[O-])c(N2CCOC3(COC3)C2C)c1.[B]S. The second-order valence-electron chi connectivity index (χ2n) is 5.88. The predicted molar refractivity (Wildman–Crippen MR) is 96.6 cm³/mol. The van der Waals surface area contributed by atoms with Crippen LogP contribution in [0.15, 0.2) is 18.8 Å². The molecule has 2 saturated heterocycles. The van der Waals surface area contributed by atoms with Crippen LogP contribution >= 0.6 is 12.5 Å². The summed E-state index contributed by atoms with van der Waals surface area (Å²) in [7, 11) is 4.19. The molecule has 2 aliphatic heterocycles. The van der Waals surface area contributed by atoms with Crippen LogP contribution in [0.5, 0.6) is 0 Å². The number of thiol groups is 1. The van der Waals surface area contributed by atoms with E-state index in [1.807, 2.05) is 18.7 Å². The molecule has 3 heterocycles. The summed E-state index contributed by atoms with van der Waals surface area (Å²) in [6.07, 6.45) is 1.50. The van der Waals surface area contributed by atoms with Gasteiger partial charge in [-0.05, 0) is 35.4 Å². The van der Waals surface area contributed by atoms with E-state index in [9.17, 15) is 10.1 Å². The number of allylic oxidation sites excluding steroid dienone is 1. The zero-order valence-electron chi connectivity index (χ0n) is 13.8. The van der Waals surface area contributed by atoms with Gasteiger partial charge in [-0.25, -0.2) is 12.5 Å². The molecule has 9 heteroatoms. The van der Waals surface area contributed by atoms with Gasteiger partial charge in [-0.1, -0.05) is 6.58 Å². The highest BCUT2D eigenvalue weighted by molar-refractivity contribution is 8.03. The number of nitrogens with zero attached hydrogens (tertiary/aromatic N) is 3. The fourth-order valence-electron chi connectivity index (χ4n) is 2.93. The molecule has 0 bridgehead atoms. The van der Waals surface area contributed by atoms with Gasteiger partial charge in [0.1, 0.15) is 17.5 Å². The third-order valence-electron chi connectivity index (χ3n) is 4.47. The fourth-order valence-corrected chi connectivity index (χ4v) is 2.93. The Hall–Kier alpha value is -1.58. The van der Waals surface area contributed by atoms with Crippen molar-refractivity contribution in [1.82, 2.24) is 4.98 Å². The highest BCUT2D eigenvalue weighted by Gasteiger charge is 2.50. The lowest BCUT2D eigenvalue weighted by molar-refractivity contribution is -0.388. The molecular formula is C15H20BN3O4S. The first-order valence-electron chi connectivity index (χ1n) is 7.49. The van der Waals surface area contributed by atoms with E-state index in [1.54, 1.807) is 6.07 Å². The molecule has 3 rings (SSSR count). The van der Waals surface area contributed by atoms with Crippen molar-refractivity contribution in [2.24, 2.45) is 0 Å². The molecule has 0 aromatic carbocycles. The average molecular weight is 349 g/mol. The molecule has 1 atom stereocenters. The highest BCUT2D eigenvalue weighted by Crippen LogP contribution is 2.38. The van der Waals surface area contributed by atoms with Crippen LogP contribution in [0.1, 0.15) is 19.4 Å². The van der Waals surface area contributed by atoms with Crippen LogP contribution in [0.25, 0.3) is 5.57 Å². The van der Waals surface area contributed by atoms with Gasteiger partial charge in [0.2, 0.25) is 0 Å². The van der Waals surface area contributed by atoms with Crippen molar-refractivity contribution in [1.29, 1.82) is 0 Å². The molecule has 1 unspecified atom stereocenters. The third-order valence-corrected chi connectivity index (χ3v) is 4.47. The molecule has 0 N–H and O–H groups in total. The summed E-state index contributed by atoms with van der Waals surface area (Å²) in [5, 5.41) is 11.3. The Bertz CT molecular complexity index is 639. The van der Waals surface area contributed by atoms with E-state index in [0.29, 0.717) is 32.1 Å². The smallest absolute Gasteiger partial charge is 0.375 e. The number of nitro groups is 1. The van der Waals surface area contributed by atoms with Crippen LogP contribution < -0.4 is 4.90 Å². The van der Waals surface area contributed by atoms with E-state index in [4.69, 9.17) is 9.47 Å². The minimum atomic E-state index is -0.441. The Labute approximate surface area is 147 Å². The molecule has 0 amide bonds. The summed E-state index contributed by atoms with van der Waals surface area (Å²) in [4.78, 5) is 16.9. The van der Waals surface area contributed by atoms with Crippen molar-refractivity contribution in [3.8, 4) is 0 Å². The molecule has 1 spiro atoms. The number of ether oxygens (including phenoxy) is 2. The normalized spacial score (nSPS) is 21.5. The van der Waals surface area contributed by atoms with Gasteiger partial charge in [0.15, 0.2) is 7.12 Å². The van der Waals surface area contributed by atoms with Gasteiger partial charge in [0.05, 0.1) is 25.9 Å². The Morgan fingerprint density at radius 3 is 2.75 bits per heavy atom. The summed E-state index contributed by atoms with van der Waals surface area (Å²) in [5.41, 5.74) is 1.78. The van der Waals surface area contributed by atoms with Crippen LogP contribution in [-0.2, 0) is 9.47 Å². The Balaban J connectivity index is 0.00000100. The summed E-state index contributed by atoms with van der Waals surface area (Å²) < 4.78 is 11.2. The molecule has 1 aromatic rings. The number of aromatic nitrogens is 1. The maximum absolute atomic E-state index is 11.3. The molecule has 2 fully saturated rings. The molecule has 128 valence electrons. The standard InChI is InChI=1S/C15H19N3O4.BHS/c1-10(2)12-6-13(14(16-7-12)18(19)20)17-4-5-22-15(11(17)3)8-21-9-15;1-2/h6-7,11H,1,4-5,8-9H2,2-3H3;2H. The predicted octanol–water partition coefficient (Wildman–Crippen LogP) is 2.02. The molecule has 0 aliphatic carbocycles. The Morgan fingerprint density at radius 1 is 1.58 bits per heavy atom. The highest BCUT2D eigenvalue weighted by atomic mass is 32.1. The van der Waals surface area contributed by atoms with E-state index in [1.165, 1.54) is 6.20 Å². The molecule has 24 heavy (non-hydrogen) atoms. The minimum absolute atomic E-state index is 0.0177. The zero-order valence-corrected chi connectivity index (χ0v) is 14.7. The Morgan fingerprint density at radius 2 is 2.25 bits per heavy atom. The topological polar surface area (TPSA) is 77.7 Å². The van der Waals surface area contributed by atoms with Crippen molar-refractivity contribution in [3.05, 3.63) is 34.5 Å². The Kier molecular flexibility index (Phi) is 5.90. The summed E-state index contributed by atoms with van der Waals surface area (Å²) in [5.74, 6) is -0.130. The van der Waals surface area contributed by atoms with Gasteiger partial charge >= 0.3 is 5.82 Å². The monoisotopic (exact) mass is 349 g/mol. The van der Waals surface area contributed by atoms with E-state index in [-0.39, 0.29) is 17.5 Å². The van der Waals surface area contributed by atoms with E-state index in [0.717, 1.165) is 11.1 Å². The first-order valence-corrected chi connectivity index (χ1v) is 8.01. The number of pyridine rings is 1. The van der Waals surface area contributed by atoms with Crippen LogP contribution in [0.4, 0.5) is 11.5 Å². The average Bonchev–Trinajstić information content (AvgIpc) is 2.54. The van der Waals surface area contributed by atoms with Crippen LogP contribution in [0, 0.1) is 10.1 Å². The maximum atomic E-state index is 11.3. The van der Waals surface area contributed by atoms with Crippen LogP contribution in [0.3, 0.4) is 0 Å². The van der Waals surface area contributed by atoms with Crippen molar-refractivity contribution in [2.75, 3.05) is 31.3 Å². The molecular weight excluding hydrogens is 329 g/mol. The number of morpholine rings is 1. The fraction of sp³-hybridized carbons (Fsp3) is 0.533. The number of rotatable bonds is 3. The zero-order chi connectivity index (χ0) is 17.9.